The molecule has 3 aromatic heterocycles. The number of pyridine rings is 1. The molecule has 8 heteroatoms. The predicted octanol–water partition coefficient (Wildman–Crippen LogP) is 8.03. The highest BCUT2D eigenvalue weighted by Gasteiger charge is 2.26. The van der Waals surface area contributed by atoms with E-state index in [-0.39, 0.29) is 11.8 Å². The molecule has 40 heavy (non-hydrogen) atoms. The molecule has 6 nitrogen and oxygen atoms in total. The molecule has 0 aromatic carbocycles. The third-order valence-electron chi connectivity index (χ3n) is 8.41. The molecule has 1 amide bonds. The van der Waals surface area contributed by atoms with E-state index in [1.807, 2.05) is 11.9 Å². The lowest BCUT2D eigenvalue weighted by Crippen LogP contribution is -2.31. The Kier molecular flexibility index (Phi) is 11.4. The molecule has 218 valence electrons. The van der Waals surface area contributed by atoms with Crippen LogP contribution in [-0.2, 0) is 11.2 Å². The van der Waals surface area contributed by atoms with Crippen molar-refractivity contribution in [2.45, 2.75) is 103 Å². The van der Waals surface area contributed by atoms with Crippen LogP contribution in [0.25, 0.3) is 22.4 Å². The first-order chi connectivity index (χ1) is 19.4. The number of unbranched alkanes of at least 4 members (excludes halogenated alkanes) is 8. The van der Waals surface area contributed by atoms with E-state index in [0.29, 0.717) is 46.9 Å². The number of rotatable bonds is 15. The van der Waals surface area contributed by atoms with Crippen LogP contribution in [0.5, 0.6) is 0 Å². The standard InChI is InChI=1S/C32H45F2N5O/c1-3-4-5-6-7-8-9-10-11-15-39(2)30(40)18-24-14-12-13-23(16-24)17-29-28(34)22-37-32(38-29)27-21-36-31-26(27)19-25(33)20-35-31/h19-24H,3-18H2,1-2H3,(H,35,36)/t23-,24+/m0/s1. The fourth-order valence-corrected chi connectivity index (χ4v) is 6.07. The molecule has 1 fully saturated rings. The van der Waals surface area contributed by atoms with Gasteiger partial charge in [-0.2, -0.15) is 0 Å². The van der Waals surface area contributed by atoms with Crippen molar-refractivity contribution in [2.24, 2.45) is 11.8 Å². The van der Waals surface area contributed by atoms with E-state index in [1.165, 1.54) is 63.6 Å². The molecule has 1 aliphatic carbocycles. The van der Waals surface area contributed by atoms with E-state index in [0.717, 1.165) is 44.8 Å². The van der Waals surface area contributed by atoms with Crippen molar-refractivity contribution in [3.63, 3.8) is 0 Å². The van der Waals surface area contributed by atoms with Crippen LogP contribution in [0.15, 0.2) is 24.7 Å². The number of hydrogen-bond acceptors (Lipinski definition) is 4. The number of nitrogens with zero attached hydrogens (tertiary/aromatic N) is 4. The summed E-state index contributed by atoms with van der Waals surface area (Å²) in [6, 6.07) is 1.38. The summed E-state index contributed by atoms with van der Waals surface area (Å²) in [6.07, 6.45) is 20.6. The summed E-state index contributed by atoms with van der Waals surface area (Å²) in [5, 5.41) is 0.570. The molecule has 1 N–H and O–H groups in total. The quantitative estimate of drug-likeness (QED) is 0.193. The van der Waals surface area contributed by atoms with Crippen molar-refractivity contribution in [3.05, 3.63) is 42.0 Å². The van der Waals surface area contributed by atoms with Gasteiger partial charge in [0.2, 0.25) is 5.91 Å². The number of fused-ring (bicyclic) bond motifs is 1. The zero-order valence-corrected chi connectivity index (χ0v) is 24.2. The Bertz CT molecular complexity index is 1230. The molecular formula is C32H45F2N5O. The Balaban J connectivity index is 1.24. The Morgan fingerprint density at radius 1 is 1.00 bits per heavy atom. The Hall–Kier alpha value is -2.90. The summed E-state index contributed by atoms with van der Waals surface area (Å²) in [5.74, 6) is 0.304. The topological polar surface area (TPSA) is 74.8 Å². The second-order valence-corrected chi connectivity index (χ2v) is 11.7. The molecule has 1 aliphatic rings. The molecule has 0 aliphatic heterocycles. The molecule has 0 spiro atoms. The average Bonchev–Trinajstić information content (AvgIpc) is 3.36. The maximum absolute atomic E-state index is 14.8. The number of halogens is 2. The lowest BCUT2D eigenvalue weighted by molar-refractivity contribution is -0.131. The van der Waals surface area contributed by atoms with Gasteiger partial charge in [-0.25, -0.2) is 23.7 Å². The van der Waals surface area contributed by atoms with Gasteiger partial charge in [0, 0.05) is 37.2 Å². The van der Waals surface area contributed by atoms with Crippen molar-refractivity contribution >= 4 is 16.9 Å². The summed E-state index contributed by atoms with van der Waals surface area (Å²) >= 11 is 0. The highest BCUT2D eigenvalue weighted by Crippen LogP contribution is 2.34. The van der Waals surface area contributed by atoms with E-state index in [4.69, 9.17) is 0 Å². The molecular weight excluding hydrogens is 508 g/mol. The van der Waals surface area contributed by atoms with Gasteiger partial charge < -0.3 is 9.88 Å². The number of hydrogen-bond donors (Lipinski definition) is 1. The number of carbonyl (C=O) groups is 1. The maximum Gasteiger partial charge on any atom is 0.222 e. The monoisotopic (exact) mass is 553 g/mol. The Labute approximate surface area is 237 Å². The summed E-state index contributed by atoms with van der Waals surface area (Å²) in [7, 11) is 1.93. The smallest absolute Gasteiger partial charge is 0.222 e. The van der Waals surface area contributed by atoms with E-state index >= 15 is 0 Å². The van der Waals surface area contributed by atoms with E-state index in [9.17, 15) is 13.6 Å². The minimum atomic E-state index is -0.447. The molecule has 0 bridgehead atoms. The first kappa shape index (κ1) is 30.1. The molecule has 4 rings (SSSR count). The van der Waals surface area contributed by atoms with Crippen molar-refractivity contribution < 1.29 is 13.6 Å². The molecule has 1 saturated carbocycles. The molecule has 0 radical (unpaired) electrons. The molecule has 2 atom stereocenters. The third kappa shape index (κ3) is 8.55. The van der Waals surface area contributed by atoms with Crippen molar-refractivity contribution in [3.8, 4) is 11.4 Å². The summed E-state index contributed by atoms with van der Waals surface area (Å²) in [5.41, 5.74) is 1.52. The van der Waals surface area contributed by atoms with E-state index in [2.05, 4.69) is 26.9 Å². The van der Waals surface area contributed by atoms with Gasteiger partial charge in [-0.05, 0) is 43.6 Å². The van der Waals surface area contributed by atoms with Crippen LogP contribution in [0.2, 0.25) is 0 Å². The highest BCUT2D eigenvalue weighted by molar-refractivity contribution is 5.91. The summed E-state index contributed by atoms with van der Waals surface area (Å²) < 4.78 is 28.5. The number of nitrogens with one attached hydrogen (secondary N) is 1. The van der Waals surface area contributed by atoms with Gasteiger partial charge >= 0.3 is 0 Å². The zero-order chi connectivity index (χ0) is 28.3. The van der Waals surface area contributed by atoms with E-state index in [1.54, 1.807) is 6.20 Å². The second kappa shape index (κ2) is 15.2. The largest absolute Gasteiger partial charge is 0.346 e. The van der Waals surface area contributed by atoms with Gasteiger partial charge in [-0.15, -0.1) is 0 Å². The van der Waals surface area contributed by atoms with Gasteiger partial charge in [0.15, 0.2) is 11.6 Å². The second-order valence-electron chi connectivity index (χ2n) is 11.7. The van der Waals surface area contributed by atoms with Gasteiger partial charge in [-0.1, -0.05) is 71.1 Å². The zero-order valence-electron chi connectivity index (χ0n) is 24.2. The van der Waals surface area contributed by atoms with Crippen LogP contribution in [0.1, 0.15) is 103 Å². The minimum Gasteiger partial charge on any atom is -0.346 e. The number of carbonyl (C=O) groups excluding carboxylic acids is 1. The molecule has 3 heterocycles. The van der Waals surface area contributed by atoms with Gasteiger partial charge in [-0.3, -0.25) is 4.79 Å². The van der Waals surface area contributed by atoms with Crippen LogP contribution in [0.3, 0.4) is 0 Å². The van der Waals surface area contributed by atoms with E-state index < -0.39 is 11.6 Å². The SMILES string of the molecule is CCCCCCCCCCCN(C)C(=O)C[C@@H]1CCC[C@H](Cc2nc(-c3c[nH]c4ncc(F)cc34)ncc2F)C1. The number of aromatic nitrogens is 4. The summed E-state index contributed by atoms with van der Waals surface area (Å²) in [6.45, 7) is 3.07. The average molecular weight is 554 g/mol. The first-order valence-corrected chi connectivity index (χ1v) is 15.3. The maximum atomic E-state index is 14.8. The van der Waals surface area contributed by atoms with Crippen LogP contribution in [0, 0.1) is 23.5 Å². The fraction of sp³-hybridized carbons (Fsp3) is 0.625. The lowest BCUT2D eigenvalue weighted by Gasteiger charge is -2.30. The molecule has 0 saturated heterocycles. The van der Waals surface area contributed by atoms with Gasteiger partial charge in [0.05, 0.1) is 18.1 Å². The van der Waals surface area contributed by atoms with Crippen LogP contribution in [-0.4, -0.2) is 44.3 Å². The Morgan fingerprint density at radius 3 is 2.50 bits per heavy atom. The normalized spacial score (nSPS) is 17.4. The number of H-pyrrole nitrogens is 1. The van der Waals surface area contributed by atoms with Crippen molar-refractivity contribution in [1.29, 1.82) is 0 Å². The lowest BCUT2D eigenvalue weighted by atomic mass is 9.77. The van der Waals surface area contributed by atoms with Crippen molar-refractivity contribution in [2.75, 3.05) is 13.6 Å². The first-order valence-electron chi connectivity index (χ1n) is 15.3. The molecule has 0 unspecified atom stereocenters. The number of amides is 1. The van der Waals surface area contributed by atoms with Crippen LogP contribution in [0.4, 0.5) is 8.78 Å². The predicted molar refractivity (Wildman–Crippen MR) is 156 cm³/mol. The van der Waals surface area contributed by atoms with Crippen LogP contribution < -0.4 is 0 Å². The highest BCUT2D eigenvalue weighted by atomic mass is 19.1. The summed E-state index contributed by atoms with van der Waals surface area (Å²) in [4.78, 5) is 30.6. The van der Waals surface area contributed by atoms with Gasteiger partial charge in [0.25, 0.3) is 0 Å². The van der Waals surface area contributed by atoms with Gasteiger partial charge in [0.1, 0.15) is 11.5 Å². The van der Waals surface area contributed by atoms with Crippen LogP contribution >= 0.6 is 0 Å². The third-order valence-corrected chi connectivity index (χ3v) is 8.41. The number of aromatic amines is 1. The fourth-order valence-electron chi connectivity index (χ4n) is 6.07. The minimum absolute atomic E-state index is 0.223. The Morgan fingerprint density at radius 2 is 1.73 bits per heavy atom. The van der Waals surface area contributed by atoms with Crippen molar-refractivity contribution in [1.82, 2.24) is 24.8 Å². The molecule has 3 aromatic rings.